The number of rotatable bonds is 6. The Morgan fingerprint density at radius 3 is 2.56 bits per heavy atom. The Morgan fingerprint density at radius 1 is 0.923 bits per heavy atom. The van der Waals surface area contributed by atoms with Crippen LogP contribution in [0.25, 0.3) is 11.3 Å². The molecule has 4 heterocycles. The first kappa shape index (κ1) is 26.5. The number of fused-ring (bicyclic) bond motifs is 2. The van der Waals surface area contributed by atoms with Crippen molar-refractivity contribution in [2.45, 2.75) is 26.0 Å². The second-order valence-corrected chi connectivity index (χ2v) is 12.2. The number of nitrogens with zero attached hydrogens (tertiary/aromatic N) is 3. The van der Waals surface area contributed by atoms with Gasteiger partial charge in [0.2, 0.25) is 5.91 Å². The summed E-state index contributed by atoms with van der Waals surface area (Å²) >= 11 is 3.34. The highest BCUT2D eigenvalue weighted by atomic mass is 32.2. The van der Waals surface area contributed by atoms with Crippen LogP contribution in [0.5, 0.6) is 0 Å². The number of nitrogens with one attached hydrogen (secondary N) is 1. The average Bonchev–Trinajstić information content (AvgIpc) is 2.95. The summed E-state index contributed by atoms with van der Waals surface area (Å²) in [6, 6.07) is 15.3. The quantitative estimate of drug-likeness (QED) is 0.368. The fourth-order valence-corrected chi connectivity index (χ4v) is 7.37. The van der Waals surface area contributed by atoms with E-state index in [9.17, 15) is 9.59 Å². The summed E-state index contributed by atoms with van der Waals surface area (Å²) in [7, 11) is 2.14. The number of anilines is 2. The monoisotopic (exact) mass is 564 g/mol. The summed E-state index contributed by atoms with van der Waals surface area (Å²) in [5.74, 6) is 1.20. The lowest BCUT2D eigenvalue weighted by Crippen LogP contribution is -2.45. The van der Waals surface area contributed by atoms with Crippen molar-refractivity contribution < 1.29 is 13.9 Å². The summed E-state index contributed by atoms with van der Waals surface area (Å²) in [6.45, 7) is 7.56. The molecule has 2 aromatic carbocycles. The fourth-order valence-electron chi connectivity index (χ4n) is 4.96. The zero-order valence-electron chi connectivity index (χ0n) is 22.0. The Balaban J connectivity index is 1.16. The van der Waals surface area contributed by atoms with Crippen molar-refractivity contribution >= 4 is 41.0 Å². The fraction of sp³-hybridized carbons (Fsp3) is 0.379. The van der Waals surface area contributed by atoms with E-state index in [-0.39, 0.29) is 11.3 Å². The first-order valence-electron chi connectivity index (χ1n) is 13.3. The van der Waals surface area contributed by atoms with E-state index in [0.717, 1.165) is 63.6 Å². The van der Waals surface area contributed by atoms with Gasteiger partial charge in [0.05, 0.1) is 13.2 Å². The number of piperazine rings is 1. The Morgan fingerprint density at radius 2 is 1.74 bits per heavy atom. The Labute approximate surface area is 236 Å². The molecule has 0 spiro atoms. The highest BCUT2D eigenvalue weighted by molar-refractivity contribution is 8.05. The van der Waals surface area contributed by atoms with Crippen LogP contribution in [-0.2, 0) is 9.53 Å². The third-order valence-corrected chi connectivity index (χ3v) is 9.83. The predicted octanol–water partition coefficient (Wildman–Crippen LogP) is 4.34. The highest BCUT2D eigenvalue weighted by Crippen LogP contribution is 2.52. The number of carbonyl (C=O) groups is 1. The molecular weight excluding hydrogens is 532 g/mol. The number of hydrogen-bond acceptors (Lipinski definition) is 9. The molecule has 6 rings (SSSR count). The number of carbonyl (C=O) groups excluding carboxylic acids is 1. The number of ether oxygens (including phenoxy) is 1. The topological polar surface area (TPSA) is 78.3 Å². The first-order chi connectivity index (χ1) is 19.0. The summed E-state index contributed by atoms with van der Waals surface area (Å²) in [4.78, 5) is 36.4. The molecule has 10 heteroatoms. The summed E-state index contributed by atoms with van der Waals surface area (Å²) in [6.07, 6.45) is 0.490. The molecule has 0 radical (unpaired) electrons. The van der Waals surface area contributed by atoms with Gasteiger partial charge in [0.1, 0.15) is 5.76 Å². The Kier molecular flexibility index (Phi) is 7.99. The van der Waals surface area contributed by atoms with Gasteiger partial charge < -0.3 is 29.2 Å². The van der Waals surface area contributed by atoms with Gasteiger partial charge >= 0.3 is 0 Å². The van der Waals surface area contributed by atoms with Crippen LogP contribution < -0.4 is 15.6 Å². The minimum Gasteiger partial charge on any atom is -0.440 e. The molecule has 0 atom stereocenters. The van der Waals surface area contributed by atoms with Crippen LogP contribution in [0, 0.1) is 0 Å². The lowest BCUT2D eigenvalue weighted by molar-refractivity contribution is -0.116. The smallest absolute Gasteiger partial charge is 0.225 e. The Hall–Kier alpha value is -2.76. The molecule has 1 aromatic heterocycles. The standard InChI is InChI=1S/C29H32N4O4S2/c1-31-9-11-32(12-10-31)8-7-27(35)30-20-5-6-24-26(17-20)38-25-4-2-3-22(29(25)39-24)23-18-21(34)19-28(37-23)33-13-15-36-16-14-33/h2-6,17-19H,7-16H2,1H3,(H,30,35). The van der Waals surface area contributed by atoms with E-state index in [4.69, 9.17) is 9.15 Å². The van der Waals surface area contributed by atoms with Crippen molar-refractivity contribution in [3.05, 3.63) is 58.8 Å². The molecule has 204 valence electrons. The molecule has 3 aliphatic rings. The molecule has 0 saturated carbocycles. The van der Waals surface area contributed by atoms with E-state index in [0.29, 0.717) is 44.4 Å². The van der Waals surface area contributed by atoms with Crippen LogP contribution in [-0.4, -0.2) is 81.8 Å². The van der Waals surface area contributed by atoms with Crippen molar-refractivity contribution in [1.82, 2.24) is 9.80 Å². The van der Waals surface area contributed by atoms with Gasteiger partial charge in [0.15, 0.2) is 11.3 Å². The van der Waals surface area contributed by atoms with E-state index in [2.05, 4.69) is 45.3 Å². The van der Waals surface area contributed by atoms with Crippen molar-refractivity contribution in [3.63, 3.8) is 0 Å². The third kappa shape index (κ3) is 6.20. The van der Waals surface area contributed by atoms with Crippen LogP contribution >= 0.6 is 23.5 Å². The molecule has 1 N–H and O–H groups in total. The largest absolute Gasteiger partial charge is 0.440 e. The van der Waals surface area contributed by atoms with Crippen LogP contribution in [0.2, 0.25) is 0 Å². The third-order valence-electron chi connectivity index (χ3n) is 7.23. The summed E-state index contributed by atoms with van der Waals surface area (Å²) in [5.41, 5.74) is 1.65. The lowest BCUT2D eigenvalue weighted by Gasteiger charge is -2.32. The number of morpholine rings is 1. The molecule has 2 saturated heterocycles. The van der Waals surface area contributed by atoms with Crippen molar-refractivity contribution in [1.29, 1.82) is 0 Å². The molecule has 3 aliphatic heterocycles. The number of amides is 1. The molecule has 1 amide bonds. The van der Waals surface area contributed by atoms with Gasteiger partial charge in [-0.3, -0.25) is 9.59 Å². The average molecular weight is 565 g/mol. The molecule has 0 aliphatic carbocycles. The minimum absolute atomic E-state index is 0.0419. The Bertz CT molecular complexity index is 1410. The second kappa shape index (κ2) is 11.8. The molecule has 0 bridgehead atoms. The van der Waals surface area contributed by atoms with Gasteiger partial charge in [-0.25, -0.2) is 0 Å². The van der Waals surface area contributed by atoms with Gasteiger partial charge in [0.25, 0.3) is 0 Å². The highest BCUT2D eigenvalue weighted by Gasteiger charge is 2.23. The maximum Gasteiger partial charge on any atom is 0.225 e. The molecule has 8 nitrogen and oxygen atoms in total. The first-order valence-corrected chi connectivity index (χ1v) is 15.0. The van der Waals surface area contributed by atoms with E-state index in [1.165, 1.54) is 0 Å². The van der Waals surface area contributed by atoms with E-state index in [1.807, 2.05) is 18.2 Å². The number of likely N-dealkylation sites (N-methyl/N-ethyl adjacent to an activating group) is 1. The lowest BCUT2D eigenvalue weighted by atomic mass is 10.1. The van der Waals surface area contributed by atoms with Crippen LogP contribution in [0.3, 0.4) is 0 Å². The SMILES string of the molecule is CN1CCN(CCC(=O)Nc2ccc3c(c2)Sc2cccc(-c4cc(=O)cc(N5CCOCC5)o4)c2S3)CC1. The molecule has 39 heavy (non-hydrogen) atoms. The number of hydrogen-bond donors (Lipinski definition) is 1. The predicted molar refractivity (Wildman–Crippen MR) is 155 cm³/mol. The molecule has 0 unspecified atom stereocenters. The van der Waals surface area contributed by atoms with Gasteiger partial charge in [-0.05, 0) is 31.3 Å². The maximum absolute atomic E-state index is 12.7. The number of benzene rings is 2. The van der Waals surface area contributed by atoms with Crippen LogP contribution in [0.1, 0.15) is 6.42 Å². The minimum atomic E-state index is -0.0720. The van der Waals surface area contributed by atoms with Crippen molar-refractivity contribution in [3.8, 4) is 11.3 Å². The van der Waals surface area contributed by atoms with Gasteiger partial charge in [-0.2, -0.15) is 0 Å². The zero-order valence-corrected chi connectivity index (χ0v) is 23.6. The molecule has 2 fully saturated rings. The normalized spacial score (nSPS) is 17.9. The van der Waals surface area contributed by atoms with Crippen LogP contribution in [0.4, 0.5) is 11.6 Å². The van der Waals surface area contributed by atoms with E-state index in [1.54, 1.807) is 35.7 Å². The van der Waals surface area contributed by atoms with Crippen LogP contribution in [0.15, 0.2) is 77.3 Å². The van der Waals surface area contributed by atoms with Gasteiger partial charge in [-0.15, -0.1) is 0 Å². The van der Waals surface area contributed by atoms with Crippen molar-refractivity contribution in [2.24, 2.45) is 0 Å². The van der Waals surface area contributed by atoms with E-state index < -0.39 is 0 Å². The summed E-state index contributed by atoms with van der Waals surface area (Å²) < 4.78 is 11.7. The zero-order chi connectivity index (χ0) is 26.8. The van der Waals surface area contributed by atoms with Gasteiger partial charge in [0, 0.05) is 95.2 Å². The maximum atomic E-state index is 12.7. The molecule has 3 aromatic rings. The summed E-state index contributed by atoms with van der Waals surface area (Å²) in [5, 5.41) is 3.08. The van der Waals surface area contributed by atoms with Crippen molar-refractivity contribution in [2.75, 3.05) is 76.3 Å². The van der Waals surface area contributed by atoms with Gasteiger partial charge in [-0.1, -0.05) is 35.7 Å². The second-order valence-electron chi connectivity index (χ2n) is 10.0. The molecular formula is C29H32N4O4S2. The van der Waals surface area contributed by atoms with E-state index >= 15 is 0 Å².